The zero-order chi connectivity index (χ0) is 12.3. The monoisotopic (exact) mass is 360 g/mol. The Bertz CT molecular complexity index is 417. The Morgan fingerprint density at radius 2 is 2.29 bits per heavy atom. The van der Waals surface area contributed by atoms with Crippen molar-refractivity contribution in [2.45, 2.75) is 6.42 Å². The smallest absolute Gasteiger partial charge is 0.252 e. The Hall–Kier alpha value is -0.390. The van der Waals surface area contributed by atoms with Gasteiger partial charge in [-0.1, -0.05) is 15.9 Å². The van der Waals surface area contributed by atoms with E-state index in [2.05, 4.69) is 42.5 Å². The largest absolute Gasteiger partial charge is 0.352 e. The minimum absolute atomic E-state index is 0.0173. The van der Waals surface area contributed by atoms with Gasteiger partial charge in [0.2, 0.25) is 0 Å². The van der Waals surface area contributed by atoms with Gasteiger partial charge in [0.15, 0.2) is 0 Å². The van der Waals surface area contributed by atoms with Crippen molar-refractivity contribution in [3.8, 4) is 0 Å². The van der Waals surface area contributed by atoms with E-state index < -0.39 is 0 Å². The molecule has 1 aliphatic rings. The van der Waals surface area contributed by atoms with Gasteiger partial charge in [-0.05, 0) is 59.6 Å². The van der Waals surface area contributed by atoms with Crippen LogP contribution in [0.1, 0.15) is 16.8 Å². The molecule has 1 saturated heterocycles. The van der Waals surface area contributed by atoms with Gasteiger partial charge < -0.3 is 10.6 Å². The van der Waals surface area contributed by atoms with Crippen molar-refractivity contribution in [1.29, 1.82) is 0 Å². The van der Waals surface area contributed by atoms with Crippen LogP contribution in [0.15, 0.2) is 27.1 Å². The van der Waals surface area contributed by atoms with E-state index in [-0.39, 0.29) is 5.91 Å². The van der Waals surface area contributed by atoms with E-state index in [1.165, 1.54) is 0 Å². The lowest BCUT2D eigenvalue weighted by atomic mass is 10.1. The van der Waals surface area contributed by atoms with Crippen LogP contribution in [0, 0.1) is 5.92 Å². The third kappa shape index (κ3) is 3.53. The fourth-order valence-corrected chi connectivity index (χ4v) is 3.12. The summed E-state index contributed by atoms with van der Waals surface area (Å²) in [5.41, 5.74) is 0.680. The molecule has 3 nitrogen and oxygen atoms in total. The number of nitrogens with one attached hydrogen (secondary N) is 2. The van der Waals surface area contributed by atoms with Crippen molar-refractivity contribution >= 4 is 37.8 Å². The van der Waals surface area contributed by atoms with Gasteiger partial charge in [0, 0.05) is 15.5 Å². The Balaban J connectivity index is 1.94. The van der Waals surface area contributed by atoms with Gasteiger partial charge in [-0.2, -0.15) is 0 Å². The first-order valence-corrected chi connectivity index (χ1v) is 7.19. The Morgan fingerprint density at radius 3 is 2.94 bits per heavy atom. The average Bonchev–Trinajstić information content (AvgIpc) is 2.78. The minimum atomic E-state index is -0.0173. The lowest BCUT2D eigenvalue weighted by Gasteiger charge is -2.11. The summed E-state index contributed by atoms with van der Waals surface area (Å²) >= 11 is 6.77. The van der Waals surface area contributed by atoms with Crippen molar-refractivity contribution in [2.75, 3.05) is 19.6 Å². The van der Waals surface area contributed by atoms with Gasteiger partial charge >= 0.3 is 0 Å². The van der Waals surface area contributed by atoms with Crippen LogP contribution in [0.3, 0.4) is 0 Å². The summed E-state index contributed by atoms with van der Waals surface area (Å²) in [5, 5.41) is 6.26. The molecular formula is C12H14Br2N2O. The van der Waals surface area contributed by atoms with Crippen LogP contribution < -0.4 is 10.6 Å². The summed E-state index contributed by atoms with van der Waals surface area (Å²) in [7, 11) is 0. The zero-order valence-corrected chi connectivity index (χ0v) is 12.5. The minimum Gasteiger partial charge on any atom is -0.352 e. The van der Waals surface area contributed by atoms with Crippen LogP contribution in [0.25, 0.3) is 0 Å². The van der Waals surface area contributed by atoms with E-state index in [0.717, 1.165) is 35.0 Å². The molecule has 0 aromatic heterocycles. The number of amides is 1. The molecule has 1 atom stereocenters. The molecule has 0 aliphatic carbocycles. The highest BCUT2D eigenvalue weighted by Gasteiger charge is 2.16. The number of halogens is 2. The van der Waals surface area contributed by atoms with Gasteiger partial charge in [-0.15, -0.1) is 0 Å². The normalized spacial score (nSPS) is 19.3. The average molecular weight is 362 g/mol. The molecule has 1 heterocycles. The molecule has 1 aromatic carbocycles. The van der Waals surface area contributed by atoms with Crippen LogP contribution in [-0.4, -0.2) is 25.5 Å². The second-order valence-corrected chi connectivity index (χ2v) is 5.96. The number of carbonyl (C=O) groups is 1. The maximum atomic E-state index is 12.0. The molecule has 0 saturated carbocycles. The van der Waals surface area contributed by atoms with Crippen LogP contribution >= 0.6 is 31.9 Å². The summed E-state index contributed by atoms with van der Waals surface area (Å²) in [6.45, 7) is 2.80. The fourth-order valence-electron chi connectivity index (χ4n) is 1.89. The topological polar surface area (TPSA) is 41.1 Å². The van der Waals surface area contributed by atoms with Crippen molar-refractivity contribution < 1.29 is 4.79 Å². The molecule has 92 valence electrons. The molecule has 0 spiro atoms. The van der Waals surface area contributed by atoms with Gasteiger partial charge in [0.05, 0.1) is 5.56 Å². The van der Waals surface area contributed by atoms with E-state index in [1.807, 2.05) is 18.2 Å². The van der Waals surface area contributed by atoms with Crippen molar-refractivity contribution in [2.24, 2.45) is 5.92 Å². The molecule has 1 aliphatic heterocycles. The zero-order valence-electron chi connectivity index (χ0n) is 9.30. The predicted octanol–water partition coefficient (Wildman–Crippen LogP) is 2.55. The van der Waals surface area contributed by atoms with E-state index in [0.29, 0.717) is 11.5 Å². The molecule has 5 heteroatoms. The van der Waals surface area contributed by atoms with Gasteiger partial charge in [-0.3, -0.25) is 4.79 Å². The lowest BCUT2D eigenvalue weighted by molar-refractivity contribution is 0.0947. The second-order valence-electron chi connectivity index (χ2n) is 4.19. The van der Waals surface area contributed by atoms with E-state index in [1.54, 1.807) is 0 Å². The first-order chi connectivity index (χ1) is 8.16. The molecule has 17 heavy (non-hydrogen) atoms. The molecular weight excluding hydrogens is 348 g/mol. The van der Waals surface area contributed by atoms with Crippen molar-refractivity contribution in [3.63, 3.8) is 0 Å². The summed E-state index contributed by atoms with van der Waals surface area (Å²) in [6.07, 6.45) is 1.14. The quantitative estimate of drug-likeness (QED) is 0.868. The Kier molecular flexibility index (Phi) is 4.59. The predicted molar refractivity (Wildman–Crippen MR) is 75.2 cm³/mol. The maximum absolute atomic E-state index is 12.0. The summed E-state index contributed by atoms with van der Waals surface area (Å²) < 4.78 is 1.77. The third-order valence-corrected chi connectivity index (χ3v) is 4.04. The number of rotatable bonds is 3. The number of carbonyl (C=O) groups excluding carboxylic acids is 1. The molecule has 0 radical (unpaired) electrons. The standard InChI is InChI=1S/C12H14Br2N2O/c13-9-1-2-10(11(14)5-9)12(17)16-7-8-3-4-15-6-8/h1-2,5,8,15H,3-4,6-7H2,(H,16,17). The van der Waals surface area contributed by atoms with E-state index in [4.69, 9.17) is 0 Å². The summed E-state index contributed by atoms with van der Waals surface area (Å²) in [5.74, 6) is 0.546. The maximum Gasteiger partial charge on any atom is 0.252 e. The molecule has 2 N–H and O–H groups in total. The fraction of sp³-hybridized carbons (Fsp3) is 0.417. The van der Waals surface area contributed by atoms with Gasteiger partial charge in [-0.25, -0.2) is 0 Å². The Labute approximate surface area is 118 Å². The second kappa shape index (κ2) is 5.98. The van der Waals surface area contributed by atoms with Crippen molar-refractivity contribution in [3.05, 3.63) is 32.7 Å². The summed E-state index contributed by atoms with van der Waals surface area (Å²) in [6, 6.07) is 5.57. The molecule has 1 amide bonds. The molecule has 1 aromatic rings. The number of benzene rings is 1. The van der Waals surface area contributed by atoms with Crippen LogP contribution in [0.5, 0.6) is 0 Å². The molecule has 2 rings (SSSR count). The van der Waals surface area contributed by atoms with Crippen molar-refractivity contribution in [1.82, 2.24) is 10.6 Å². The van der Waals surface area contributed by atoms with Crippen LogP contribution in [0.4, 0.5) is 0 Å². The summed E-state index contributed by atoms with van der Waals surface area (Å²) in [4.78, 5) is 12.0. The third-order valence-electron chi connectivity index (χ3n) is 2.89. The lowest BCUT2D eigenvalue weighted by Crippen LogP contribution is -2.30. The van der Waals surface area contributed by atoms with Crippen LogP contribution in [-0.2, 0) is 0 Å². The first kappa shape index (κ1) is 13.1. The highest BCUT2D eigenvalue weighted by molar-refractivity contribution is 9.11. The van der Waals surface area contributed by atoms with Gasteiger partial charge in [0.25, 0.3) is 5.91 Å². The molecule has 0 bridgehead atoms. The highest BCUT2D eigenvalue weighted by Crippen LogP contribution is 2.21. The highest BCUT2D eigenvalue weighted by atomic mass is 79.9. The van der Waals surface area contributed by atoms with Crippen LogP contribution in [0.2, 0.25) is 0 Å². The molecule has 1 fully saturated rings. The van der Waals surface area contributed by atoms with E-state index >= 15 is 0 Å². The number of hydrogen-bond acceptors (Lipinski definition) is 2. The van der Waals surface area contributed by atoms with Gasteiger partial charge in [0.1, 0.15) is 0 Å². The SMILES string of the molecule is O=C(NCC1CCNC1)c1ccc(Br)cc1Br. The first-order valence-electron chi connectivity index (χ1n) is 5.61. The molecule has 1 unspecified atom stereocenters. The van der Waals surface area contributed by atoms with E-state index in [9.17, 15) is 4.79 Å². The Morgan fingerprint density at radius 1 is 1.47 bits per heavy atom. The number of hydrogen-bond donors (Lipinski definition) is 2.